The fourth-order valence-corrected chi connectivity index (χ4v) is 1.48. The Bertz CT molecular complexity index is 382. The van der Waals surface area contributed by atoms with Crippen LogP contribution in [0.4, 0.5) is 11.5 Å². The minimum Gasteiger partial charge on any atom is -0.394 e. The third kappa shape index (κ3) is 3.12. The van der Waals surface area contributed by atoms with Crippen molar-refractivity contribution in [2.75, 3.05) is 24.7 Å². The molecule has 0 unspecified atom stereocenters. The van der Waals surface area contributed by atoms with Crippen LogP contribution in [-0.2, 0) is 4.74 Å². The van der Waals surface area contributed by atoms with Gasteiger partial charge in [0, 0.05) is 19.7 Å². The molecule has 98 valence electrons. The average Bonchev–Trinajstić information content (AvgIpc) is 2.53. The molecule has 3 N–H and O–H groups in total. The Labute approximate surface area is 103 Å². The second-order valence-electron chi connectivity index (χ2n) is 5.20. The predicted octanol–water partition coefficient (Wildman–Crippen LogP) is 2.19. The van der Waals surface area contributed by atoms with Gasteiger partial charge in [-0.1, -0.05) is 0 Å². The summed E-state index contributed by atoms with van der Waals surface area (Å²) >= 11 is 0. The summed E-state index contributed by atoms with van der Waals surface area (Å²) in [4.78, 5) is 0. The maximum absolute atomic E-state index is 6.03. The lowest BCUT2D eigenvalue weighted by atomic mass is 10.1. The normalized spacial score (nSPS) is 12.2. The zero-order valence-corrected chi connectivity index (χ0v) is 11.7. The summed E-state index contributed by atoms with van der Waals surface area (Å²) in [5, 5.41) is 7.75. The molecule has 17 heavy (non-hydrogen) atoms. The molecule has 0 bridgehead atoms. The molecular weight excluding hydrogens is 216 g/mol. The molecule has 0 atom stereocenters. The van der Waals surface area contributed by atoms with Crippen LogP contribution in [0.5, 0.6) is 0 Å². The minimum atomic E-state index is -0.230. The number of nitrogens with one attached hydrogen (secondary N) is 1. The number of hydrogen-bond acceptors (Lipinski definition) is 4. The first-order valence-corrected chi connectivity index (χ1v) is 5.92. The Kier molecular flexibility index (Phi) is 4.03. The topological polar surface area (TPSA) is 65.1 Å². The number of aromatic nitrogens is 2. The second-order valence-corrected chi connectivity index (χ2v) is 5.20. The third-order valence-electron chi connectivity index (χ3n) is 2.86. The molecule has 0 amide bonds. The number of anilines is 2. The summed E-state index contributed by atoms with van der Waals surface area (Å²) in [5.74, 6) is 0.877. The number of hydrogen-bond donors (Lipinski definition) is 2. The van der Waals surface area contributed by atoms with Crippen molar-refractivity contribution in [1.29, 1.82) is 0 Å². The summed E-state index contributed by atoms with van der Waals surface area (Å²) in [5.41, 5.74) is 7.37. The number of rotatable bonds is 5. The molecule has 0 aliphatic heterocycles. The lowest BCUT2D eigenvalue weighted by Crippen LogP contribution is -2.33. The highest BCUT2D eigenvalue weighted by atomic mass is 16.5. The lowest BCUT2D eigenvalue weighted by Gasteiger charge is -2.24. The van der Waals surface area contributed by atoms with Crippen LogP contribution in [0.25, 0.3) is 0 Å². The van der Waals surface area contributed by atoms with Crippen molar-refractivity contribution in [3.63, 3.8) is 0 Å². The number of ether oxygens (including phenoxy) is 1. The summed E-state index contributed by atoms with van der Waals surface area (Å²) in [7, 11) is 1.70. The number of aryl methyl sites for hydroxylation is 1. The van der Waals surface area contributed by atoms with E-state index in [9.17, 15) is 0 Å². The maximum Gasteiger partial charge on any atom is 0.148 e. The van der Waals surface area contributed by atoms with Gasteiger partial charge in [-0.25, -0.2) is 4.68 Å². The Morgan fingerprint density at radius 2 is 2.06 bits per heavy atom. The van der Waals surface area contributed by atoms with Crippen molar-refractivity contribution < 1.29 is 4.74 Å². The van der Waals surface area contributed by atoms with Gasteiger partial charge >= 0.3 is 0 Å². The lowest BCUT2D eigenvalue weighted by molar-refractivity contribution is 0.0342. The van der Waals surface area contributed by atoms with Crippen molar-refractivity contribution in [2.24, 2.45) is 0 Å². The smallest absolute Gasteiger partial charge is 0.148 e. The van der Waals surface area contributed by atoms with Crippen LogP contribution in [-0.4, -0.2) is 29.0 Å². The fraction of sp³-hybridized carbons (Fsp3) is 0.750. The molecular formula is C12H24N4O. The van der Waals surface area contributed by atoms with Crippen molar-refractivity contribution in [3.8, 4) is 0 Å². The van der Waals surface area contributed by atoms with E-state index in [1.165, 1.54) is 0 Å². The van der Waals surface area contributed by atoms with Gasteiger partial charge in [-0.3, -0.25) is 0 Å². The second kappa shape index (κ2) is 4.96. The van der Waals surface area contributed by atoms with Gasteiger partial charge in [-0.15, -0.1) is 0 Å². The molecule has 0 aromatic carbocycles. The van der Waals surface area contributed by atoms with Gasteiger partial charge in [0.2, 0.25) is 0 Å². The monoisotopic (exact) mass is 240 g/mol. The van der Waals surface area contributed by atoms with E-state index in [1.807, 2.05) is 25.5 Å². The first-order valence-electron chi connectivity index (χ1n) is 5.92. The highest BCUT2D eigenvalue weighted by molar-refractivity contribution is 5.65. The van der Waals surface area contributed by atoms with E-state index in [0.717, 1.165) is 11.5 Å². The summed E-state index contributed by atoms with van der Waals surface area (Å²) in [6.45, 7) is 10.8. The first kappa shape index (κ1) is 13.8. The molecule has 0 fully saturated rings. The van der Waals surface area contributed by atoms with Crippen LogP contribution in [0.15, 0.2) is 0 Å². The van der Waals surface area contributed by atoms with Crippen LogP contribution in [0.2, 0.25) is 0 Å². The zero-order chi connectivity index (χ0) is 13.2. The van der Waals surface area contributed by atoms with E-state index in [2.05, 4.69) is 24.3 Å². The Balaban J connectivity index is 2.90. The van der Waals surface area contributed by atoms with Crippen LogP contribution in [0.1, 0.15) is 39.4 Å². The Morgan fingerprint density at radius 3 is 2.53 bits per heavy atom. The van der Waals surface area contributed by atoms with Crippen LogP contribution < -0.4 is 11.1 Å². The molecule has 0 aliphatic rings. The molecule has 1 aromatic heterocycles. The quantitative estimate of drug-likeness (QED) is 0.828. The van der Waals surface area contributed by atoms with E-state index in [0.29, 0.717) is 12.2 Å². The average molecular weight is 240 g/mol. The van der Waals surface area contributed by atoms with Gasteiger partial charge in [0.15, 0.2) is 0 Å². The molecule has 0 aliphatic carbocycles. The molecule has 0 radical (unpaired) electrons. The van der Waals surface area contributed by atoms with Crippen molar-refractivity contribution >= 4 is 11.5 Å². The van der Waals surface area contributed by atoms with Crippen molar-refractivity contribution in [3.05, 3.63) is 5.69 Å². The summed E-state index contributed by atoms with van der Waals surface area (Å²) in [6, 6.07) is 0.277. The summed E-state index contributed by atoms with van der Waals surface area (Å²) in [6.07, 6.45) is 0. The fourth-order valence-electron chi connectivity index (χ4n) is 1.48. The highest BCUT2D eigenvalue weighted by Gasteiger charge is 2.20. The number of methoxy groups -OCH3 is 1. The van der Waals surface area contributed by atoms with E-state index < -0.39 is 0 Å². The Morgan fingerprint density at radius 1 is 1.47 bits per heavy atom. The molecule has 0 saturated heterocycles. The molecule has 0 spiro atoms. The van der Waals surface area contributed by atoms with Crippen LogP contribution in [0.3, 0.4) is 0 Å². The maximum atomic E-state index is 6.03. The molecule has 1 aromatic rings. The Hall–Kier alpha value is -1.23. The van der Waals surface area contributed by atoms with Gasteiger partial charge in [0.1, 0.15) is 5.82 Å². The molecule has 5 nitrogen and oxygen atoms in total. The summed E-state index contributed by atoms with van der Waals surface area (Å²) < 4.78 is 7.29. The predicted molar refractivity (Wildman–Crippen MR) is 71.3 cm³/mol. The van der Waals surface area contributed by atoms with E-state index in [4.69, 9.17) is 10.5 Å². The van der Waals surface area contributed by atoms with E-state index in [1.54, 1.807) is 7.11 Å². The standard InChI is InChI=1S/C12H24N4O/c1-8(2)16-11(10(13)9(3)15-16)14-7-12(4,5)17-6/h8,14H,7,13H2,1-6H3. The SMILES string of the molecule is COC(C)(C)CNc1c(N)c(C)nn1C(C)C. The minimum absolute atomic E-state index is 0.230. The van der Waals surface area contributed by atoms with Crippen molar-refractivity contribution in [2.45, 2.75) is 46.3 Å². The van der Waals surface area contributed by atoms with E-state index in [-0.39, 0.29) is 11.6 Å². The molecule has 1 heterocycles. The van der Waals surface area contributed by atoms with Crippen LogP contribution in [0, 0.1) is 6.92 Å². The third-order valence-corrected chi connectivity index (χ3v) is 2.86. The molecule has 0 saturated carbocycles. The zero-order valence-electron chi connectivity index (χ0n) is 11.7. The molecule has 5 heteroatoms. The number of nitrogens with zero attached hydrogens (tertiary/aromatic N) is 2. The van der Waals surface area contributed by atoms with Gasteiger partial charge in [0.05, 0.1) is 17.0 Å². The van der Waals surface area contributed by atoms with Crippen molar-refractivity contribution in [1.82, 2.24) is 9.78 Å². The highest BCUT2D eigenvalue weighted by Crippen LogP contribution is 2.26. The van der Waals surface area contributed by atoms with Crippen LogP contribution >= 0.6 is 0 Å². The van der Waals surface area contributed by atoms with Gasteiger partial charge in [0.25, 0.3) is 0 Å². The van der Waals surface area contributed by atoms with Gasteiger partial charge < -0.3 is 15.8 Å². The van der Waals surface area contributed by atoms with Gasteiger partial charge in [-0.2, -0.15) is 5.10 Å². The largest absolute Gasteiger partial charge is 0.394 e. The molecule has 1 rings (SSSR count). The number of nitrogens with two attached hydrogens (primary N) is 1. The van der Waals surface area contributed by atoms with Gasteiger partial charge in [-0.05, 0) is 34.6 Å². The number of nitrogen functional groups attached to an aromatic ring is 1. The van der Waals surface area contributed by atoms with E-state index >= 15 is 0 Å². The first-order chi connectivity index (χ1) is 7.78.